The van der Waals surface area contributed by atoms with Crippen molar-refractivity contribution in [3.05, 3.63) is 68.5 Å². The third kappa shape index (κ3) is 4.88. The molecule has 30 heavy (non-hydrogen) atoms. The number of nitro benzene ring substituents is 1. The summed E-state index contributed by atoms with van der Waals surface area (Å²) in [6.45, 7) is 8.35. The monoisotopic (exact) mass is 434 g/mol. The first-order valence-electron chi connectivity index (χ1n) is 9.81. The fourth-order valence-electron chi connectivity index (χ4n) is 3.62. The minimum Gasteiger partial charge on any atom is -0.369 e. The molecule has 3 rings (SSSR count). The van der Waals surface area contributed by atoms with E-state index in [0.717, 1.165) is 44.5 Å². The molecule has 0 radical (unpaired) electrons. The highest BCUT2D eigenvalue weighted by atomic mass is 35.5. The molecular formula is C21H24ClFN4O3. The topological polar surface area (TPSA) is 78.7 Å². The van der Waals surface area contributed by atoms with Crippen LogP contribution in [-0.2, 0) is 0 Å². The largest absolute Gasteiger partial charge is 0.369 e. The van der Waals surface area contributed by atoms with E-state index in [4.69, 9.17) is 11.6 Å². The third-order valence-electron chi connectivity index (χ3n) is 5.37. The molecule has 7 nitrogen and oxygen atoms in total. The van der Waals surface area contributed by atoms with Gasteiger partial charge in [-0.05, 0) is 43.8 Å². The number of nitro groups is 1. The number of anilines is 1. The Hall–Kier alpha value is -2.71. The van der Waals surface area contributed by atoms with Crippen LogP contribution in [0.25, 0.3) is 0 Å². The molecule has 1 unspecified atom stereocenters. The van der Waals surface area contributed by atoms with Crippen molar-refractivity contribution in [2.75, 3.05) is 37.6 Å². The molecule has 0 spiro atoms. The minimum atomic E-state index is -0.636. The van der Waals surface area contributed by atoms with Crippen LogP contribution >= 0.6 is 11.6 Å². The van der Waals surface area contributed by atoms with Crippen LogP contribution in [0.1, 0.15) is 35.8 Å². The fourth-order valence-corrected chi connectivity index (χ4v) is 3.80. The predicted molar refractivity (Wildman–Crippen MR) is 115 cm³/mol. The van der Waals surface area contributed by atoms with E-state index >= 15 is 0 Å². The molecule has 160 valence electrons. The molecule has 1 atom stereocenters. The molecule has 1 amide bonds. The van der Waals surface area contributed by atoms with Crippen molar-refractivity contribution >= 4 is 28.9 Å². The summed E-state index contributed by atoms with van der Waals surface area (Å²) in [5.41, 5.74) is 1.32. The first-order chi connectivity index (χ1) is 14.3. The van der Waals surface area contributed by atoms with E-state index in [2.05, 4.69) is 22.0 Å². The number of carbonyl (C=O) groups excluding carboxylic acids is 1. The molecule has 2 aromatic carbocycles. The number of amides is 1. The lowest BCUT2D eigenvalue weighted by molar-refractivity contribution is -0.384. The van der Waals surface area contributed by atoms with E-state index < -0.39 is 16.9 Å². The molecule has 1 fully saturated rings. The van der Waals surface area contributed by atoms with Crippen molar-refractivity contribution < 1.29 is 14.1 Å². The fraction of sp³-hybridized carbons (Fsp3) is 0.381. The summed E-state index contributed by atoms with van der Waals surface area (Å²) in [5.74, 6) is -0.877. The molecule has 1 aliphatic rings. The summed E-state index contributed by atoms with van der Waals surface area (Å²) in [4.78, 5) is 27.7. The summed E-state index contributed by atoms with van der Waals surface area (Å²) < 4.78 is 14.0. The van der Waals surface area contributed by atoms with E-state index in [1.54, 1.807) is 13.0 Å². The zero-order valence-electron chi connectivity index (χ0n) is 16.9. The SMILES string of the molecule is CCN1CCN(c2ccc(F)cc2C(C)NC(=O)c2ccc(Cl)c([N+](=O)[O-])c2)CC1. The smallest absolute Gasteiger partial charge is 0.288 e. The number of halogens is 2. The third-order valence-corrected chi connectivity index (χ3v) is 5.69. The lowest BCUT2D eigenvalue weighted by Gasteiger charge is -2.37. The van der Waals surface area contributed by atoms with Crippen LogP contribution in [0.3, 0.4) is 0 Å². The summed E-state index contributed by atoms with van der Waals surface area (Å²) in [6, 6.07) is 7.97. The van der Waals surface area contributed by atoms with Crippen LogP contribution in [-0.4, -0.2) is 48.5 Å². The number of rotatable bonds is 6. The predicted octanol–water partition coefficient (Wildman–Crippen LogP) is 4.02. The quantitative estimate of drug-likeness (QED) is 0.548. The van der Waals surface area contributed by atoms with Crippen LogP contribution < -0.4 is 10.2 Å². The average molecular weight is 435 g/mol. The average Bonchev–Trinajstić information content (AvgIpc) is 2.73. The number of nitrogens with one attached hydrogen (secondary N) is 1. The molecule has 1 heterocycles. The highest BCUT2D eigenvalue weighted by molar-refractivity contribution is 6.32. The first-order valence-corrected chi connectivity index (χ1v) is 10.2. The van der Waals surface area contributed by atoms with Crippen LogP contribution in [0.15, 0.2) is 36.4 Å². The van der Waals surface area contributed by atoms with E-state index in [9.17, 15) is 19.3 Å². The van der Waals surface area contributed by atoms with Crippen molar-refractivity contribution in [2.45, 2.75) is 19.9 Å². The van der Waals surface area contributed by atoms with Gasteiger partial charge in [-0.25, -0.2) is 4.39 Å². The van der Waals surface area contributed by atoms with Gasteiger partial charge in [0.1, 0.15) is 10.8 Å². The second kappa shape index (κ2) is 9.40. The van der Waals surface area contributed by atoms with Gasteiger partial charge in [-0.3, -0.25) is 14.9 Å². The molecule has 1 N–H and O–H groups in total. The Bertz CT molecular complexity index is 948. The lowest BCUT2D eigenvalue weighted by atomic mass is 10.0. The van der Waals surface area contributed by atoms with Gasteiger partial charge in [0.05, 0.1) is 11.0 Å². The lowest BCUT2D eigenvalue weighted by Crippen LogP contribution is -2.46. The van der Waals surface area contributed by atoms with Crippen molar-refractivity contribution in [1.29, 1.82) is 0 Å². The Morgan fingerprint density at radius 3 is 2.57 bits per heavy atom. The van der Waals surface area contributed by atoms with Gasteiger partial charge in [-0.15, -0.1) is 0 Å². The van der Waals surface area contributed by atoms with Crippen molar-refractivity contribution in [1.82, 2.24) is 10.2 Å². The number of hydrogen-bond donors (Lipinski definition) is 1. The molecule has 0 aromatic heterocycles. The minimum absolute atomic E-state index is 0.0387. The normalized spacial score (nSPS) is 15.7. The number of carbonyl (C=O) groups is 1. The van der Waals surface area contributed by atoms with Gasteiger partial charge in [0.2, 0.25) is 0 Å². The van der Waals surface area contributed by atoms with Gasteiger partial charge < -0.3 is 15.1 Å². The van der Waals surface area contributed by atoms with Gasteiger partial charge in [-0.2, -0.15) is 0 Å². The zero-order valence-corrected chi connectivity index (χ0v) is 17.7. The van der Waals surface area contributed by atoms with Crippen molar-refractivity contribution in [3.8, 4) is 0 Å². The molecule has 0 bridgehead atoms. The van der Waals surface area contributed by atoms with Crippen LogP contribution in [0.5, 0.6) is 0 Å². The standard InChI is InChI=1S/C21H24ClFN4O3/c1-3-25-8-10-26(11-9-25)19-7-5-16(23)13-17(19)14(2)24-21(28)15-4-6-18(22)20(12-15)27(29)30/h4-7,12-14H,3,8-11H2,1-2H3,(H,24,28). The highest BCUT2D eigenvalue weighted by Gasteiger charge is 2.23. The number of likely N-dealkylation sites (N-methyl/N-ethyl adjacent to an activating group) is 1. The van der Waals surface area contributed by atoms with Gasteiger partial charge in [0.25, 0.3) is 11.6 Å². The van der Waals surface area contributed by atoms with E-state index in [1.807, 2.05) is 0 Å². The highest BCUT2D eigenvalue weighted by Crippen LogP contribution is 2.29. The molecule has 0 saturated carbocycles. The summed E-state index contributed by atoms with van der Waals surface area (Å²) in [7, 11) is 0. The number of hydrogen-bond acceptors (Lipinski definition) is 5. The van der Waals surface area contributed by atoms with Crippen LogP contribution in [0, 0.1) is 15.9 Å². The van der Waals surface area contributed by atoms with E-state index in [1.165, 1.54) is 24.3 Å². The number of piperazine rings is 1. The van der Waals surface area contributed by atoms with E-state index in [-0.39, 0.29) is 22.1 Å². The second-order valence-electron chi connectivity index (χ2n) is 7.24. The molecule has 1 saturated heterocycles. The summed E-state index contributed by atoms with van der Waals surface area (Å²) >= 11 is 5.82. The molecular weight excluding hydrogens is 411 g/mol. The number of benzene rings is 2. The Morgan fingerprint density at radius 1 is 1.23 bits per heavy atom. The second-order valence-corrected chi connectivity index (χ2v) is 7.65. The molecule has 1 aliphatic heterocycles. The Labute approximate surface area is 179 Å². The first kappa shape index (κ1) is 22.0. The maximum absolute atomic E-state index is 14.0. The van der Waals surface area contributed by atoms with Gasteiger partial charge >= 0.3 is 0 Å². The molecule has 2 aromatic rings. The summed E-state index contributed by atoms with van der Waals surface area (Å²) in [5, 5.41) is 13.9. The summed E-state index contributed by atoms with van der Waals surface area (Å²) in [6.07, 6.45) is 0. The Balaban J connectivity index is 1.81. The van der Waals surface area contributed by atoms with Crippen LogP contribution in [0.4, 0.5) is 15.8 Å². The molecule has 0 aliphatic carbocycles. The van der Waals surface area contributed by atoms with Gasteiger partial charge in [0.15, 0.2) is 0 Å². The van der Waals surface area contributed by atoms with Gasteiger partial charge in [0, 0.05) is 49.1 Å². The van der Waals surface area contributed by atoms with Crippen molar-refractivity contribution in [2.24, 2.45) is 0 Å². The van der Waals surface area contributed by atoms with Gasteiger partial charge in [-0.1, -0.05) is 18.5 Å². The zero-order chi connectivity index (χ0) is 21.8. The maximum Gasteiger partial charge on any atom is 0.288 e. The van der Waals surface area contributed by atoms with Crippen molar-refractivity contribution in [3.63, 3.8) is 0 Å². The Morgan fingerprint density at radius 2 is 1.93 bits per heavy atom. The maximum atomic E-state index is 14.0. The van der Waals surface area contributed by atoms with E-state index in [0.29, 0.717) is 5.56 Å². The molecule has 9 heteroatoms. The number of nitrogens with zero attached hydrogens (tertiary/aromatic N) is 3. The Kier molecular flexibility index (Phi) is 6.89. The van der Waals surface area contributed by atoms with Crippen LogP contribution in [0.2, 0.25) is 5.02 Å².